The Morgan fingerprint density at radius 2 is 1.93 bits per heavy atom. The molecule has 0 aliphatic rings. The van der Waals surface area contributed by atoms with Crippen molar-refractivity contribution < 1.29 is 0 Å². The van der Waals surface area contributed by atoms with Crippen LogP contribution in [0.2, 0.25) is 0 Å². The first-order valence-electron chi connectivity index (χ1n) is 5.93. The second-order valence-corrected chi connectivity index (χ2v) is 4.07. The van der Waals surface area contributed by atoms with Crippen LogP contribution >= 0.6 is 0 Å². The summed E-state index contributed by atoms with van der Waals surface area (Å²) in [6.07, 6.45) is 11.1. The van der Waals surface area contributed by atoms with E-state index < -0.39 is 0 Å². The summed E-state index contributed by atoms with van der Waals surface area (Å²) >= 11 is 0. The van der Waals surface area contributed by atoms with Crippen molar-refractivity contribution in [3.63, 3.8) is 0 Å². The summed E-state index contributed by atoms with van der Waals surface area (Å²) in [6, 6.07) is 0.617. The third kappa shape index (κ3) is 6.05. The number of hydrogen-bond donors (Lipinski definition) is 1. The number of terminal acetylenes is 1. The molecule has 1 nitrogen and oxygen atoms in total. The van der Waals surface area contributed by atoms with Crippen LogP contribution in [-0.2, 0) is 0 Å². The van der Waals surface area contributed by atoms with Crippen LogP contribution in [0.1, 0.15) is 52.9 Å². The summed E-state index contributed by atoms with van der Waals surface area (Å²) in [7, 11) is 0. The quantitative estimate of drug-likeness (QED) is 0.586. The number of hydrogen-bond acceptors (Lipinski definition) is 1. The maximum atomic E-state index is 5.30. The Hall–Kier alpha value is -0.480. The Balaban J connectivity index is 3.88. The second-order valence-electron chi connectivity index (χ2n) is 4.07. The van der Waals surface area contributed by atoms with Crippen molar-refractivity contribution in [2.45, 2.75) is 58.9 Å². The van der Waals surface area contributed by atoms with E-state index in [0.717, 1.165) is 25.3 Å². The summed E-state index contributed by atoms with van der Waals surface area (Å²) in [6.45, 7) is 7.89. The van der Waals surface area contributed by atoms with Gasteiger partial charge in [0.05, 0.1) is 0 Å². The SMILES string of the molecule is C#CCCC(NCCC)C(C)CCC. The van der Waals surface area contributed by atoms with Gasteiger partial charge in [-0.25, -0.2) is 0 Å². The van der Waals surface area contributed by atoms with Gasteiger partial charge < -0.3 is 5.32 Å². The molecule has 0 spiro atoms. The van der Waals surface area contributed by atoms with Gasteiger partial charge in [-0.1, -0.05) is 27.2 Å². The first-order chi connectivity index (χ1) is 6.76. The van der Waals surface area contributed by atoms with Gasteiger partial charge in [-0.05, 0) is 31.7 Å². The van der Waals surface area contributed by atoms with Crippen molar-refractivity contribution in [2.24, 2.45) is 5.92 Å². The van der Waals surface area contributed by atoms with Gasteiger partial charge >= 0.3 is 0 Å². The van der Waals surface area contributed by atoms with Crippen molar-refractivity contribution >= 4 is 0 Å². The van der Waals surface area contributed by atoms with E-state index in [1.54, 1.807) is 0 Å². The first-order valence-corrected chi connectivity index (χ1v) is 5.93. The average molecular weight is 195 g/mol. The smallest absolute Gasteiger partial charge is 0.0102 e. The summed E-state index contributed by atoms with van der Waals surface area (Å²) in [5, 5.41) is 3.59. The molecule has 0 radical (unpaired) electrons. The van der Waals surface area contributed by atoms with Gasteiger partial charge in [-0.3, -0.25) is 0 Å². The Kier molecular flexibility index (Phi) is 8.78. The average Bonchev–Trinajstić information content (AvgIpc) is 2.18. The highest BCUT2D eigenvalue weighted by Crippen LogP contribution is 2.14. The van der Waals surface area contributed by atoms with Gasteiger partial charge in [0.2, 0.25) is 0 Å². The van der Waals surface area contributed by atoms with Crippen molar-refractivity contribution in [3.05, 3.63) is 0 Å². The molecular weight excluding hydrogens is 170 g/mol. The van der Waals surface area contributed by atoms with Crippen molar-refractivity contribution in [2.75, 3.05) is 6.54 Å². The maximum absolute atomic E-state index is 5.30. The number of rotatable bonds is 8. The topological polar surface area (TPSA) is 12.0 Å². The molecule has 0 saturated heterocycles. The molecule has 0 bridgehead atoms. The molecular formula is C13H25N. The van der Waals surface area contributed by atoms with Gasteiger partial charge in [0.25, 0.3) is 0 Å². The van der Waals surface area contributed by atoms with Crippen molar-refractivity contribution in [1.82, 2.24) is 5.32 Å². The Bertz CT molecular complexity index is 157. The fraction of sp³-hybridized carbons (Fsp3) is 0.846. The summed E-state index contributed by atoms with van der Waals surface area (Å²) in [5.41, 5.74) is 0. The third-order valence-electron chi connectivity index (χ3n) is 2.69. The van der Waals surface area contributed by atoms with Crippen molar-refractivity contribution in [3.8, 4) is 12.3 Å². The Labute approximate surface area is 89.7 Å². The molecule has 82 valence electrons. The van der Waals surface area contributed by atoms with Crippen LogP contribution in [-0.4, -0.2) is 12.6 Å². The molecule has 2 unspecified atom stereocenters. The van der Waals surface area contributed by atoms with Crippen LogP contribution in [0.15, 0.2) is 0 Å². The minimum Gasteiger partial charge on any atom is -0.314 e. The minimum atomic E-state index is 0.617. The molecule has 1 heteroatoms. The summed E-state index contributed by atoms with van der Waals surface area (Å²) in [5.74, 6) is 3.48. The fourth-order valence-electron chi connectivity index (χ4n) is 1.81. The Morgan fingerprint density at radius 3 is 2.43 bits per heavy atom. The molecule has 0 amide bonds. The van der Waals surface area contributed by atoms with Crippen LogP contribution in [0.3, 0.4) is 0 Å². The van der Waals surface area contributed by atoms with Gasteiger partial charge in [0.15, 0.2) is 0 Å². The highest BCUT2D eigenvalue weighted by molar-refractivity contribution is 4.86. The molecule has 0 saturated carbocycles. The van der Waals surface area contributed by atoms with E-state index in [2.05, 4.69) is 32.0 Å². The van der Waals surface area contributed by atoms with Gasteiger partial charge in [0, 0.05) is 12.5 Å². The van der Waals surface area contributed by atoms with Crippen LogP contribution in [0.5, 0.6) is 0 Å². The van der Waals surface area contributed by atoms with E-state index in [1.807, 2.05) is 0 Å². The lowest BCUT2D eigenvalue weighted by Crippen LogP contribution is -2.35. The second kappa shape index (κ2) is 9.09. The van der Waals surface area contributed by atoms with E-state index in [1.165, 1.54) is 19.3 Å². The molecule has 0 aliphatic carbocycles. The monoisotopic (exact) mass is 195 g/mol. The summed E-state index contributed by atoms with van der Waals surface area (Å²) < 4.78 is 0. The van der Waals surface area contributed by atoms with E-state index in [0.29, 0.717) is 6.04 Å². The molecule has 2 atom stereocenters. The standard InChI is InChI=1S/C13H25N/c1-5-8-10-13(14-11-7-3)12(4)9-6-2/h1,12-14H,6-11H2,2-4H3. The molecule has 0 rings (SSSR count). The Morgan fingerprint density at radius 1 is 1.21 bits per heavy atom. The lowest BCUT2D eigenvalue weighted by molar-refractivity contribution is 0.340. The molecule has 1 N–H and O–H groups in total. The predicted molar refractivity (Wildman–Crippen MR) is 64.2 cm³/mol. The van der Waals surface area contributed by atoms with Gasteiger partial charge in [0.1, 0.15) is 0 Å². The third-order valence-corrected chi connectivity index (χ3v) is 2.69. The maximum Gasteiger partial charge on any atom is 0.0102 e. The number of nitrogens with one attached hydrogen (secondary N) is 1. The molecule has 14 heavy (non-hydrogen) atoms. The zero-order valence-corrected chi connectivity index (χ0v) is 9.97. The fourth-order valence-corrected chi connectivity index (χ4v) is 1.81. The predicted octanol–water partition coefficient (Wildman–Crippen LogP) is 3.20. The first kappa shape index (κ1) is 13.5. The van der Waals surface area contributed by atoms with E-state index >= 15 is 0 Å². The lowest BCUT2D eigenvalue weighted by Gasteiger charge is -2.24. The largest absolute Gasteiger partial charge is 0.314 e. The van der Waals surface area contributed by atoms with Crippen LogP contribution in [0.25, 0.3) is 0 Å². The lowest BCUT2D eigenvalue weighted by atomic mass is 9.93. The van der Waals surface area contributed by atoms with Crippen LogP contribution in [0.4, 0.5) is 0 Å². The summed E-state index contributed by atoms with van der Waals surface area (Å²) in [4.78, 5) is 0. The molecule has 0 aromatic carbocycles. The minimum absolute atomic E-state index is 0.617. The van der Waals surface area contributed by atoms with Gasteiger partial charge in [-0.15, -0.1) is 12.3 Å². The zero-order chi connectivity index (χ0) is 10.8. The molecule has 0 aliphatic heterocycles. The highest BCUT2D eigenvalue weighted by atomic mass is 14.9. The molecule has 0 aromatic rings. The molecule has 0 heterocycles. The normalized spacial score (nSPS) is 14.7. The van der Waals surface area contributed by atoms with Crippen LogP contribution < -0.4 is 5.32 Å². The highest BCUT2D eigenvalue weighted by Gasteiger charge is 2.14. The van der Waals surface area contributed by atoms with E-state index in [-0.39, 0.29) is 0 Å². The van der Waals surface area contributed by atoms with Crippen LogP contribution in [0, 0.1) is 18.3 Å². The van der Waals surface area contributed by atoms with Crippen molar-refractivity contribution in [1.29, 1.82) is 0 Å². The molecule has 0 aromatic heterocycles. The van der Waals surface area contributed by atoms with E-state index in [4.69, 9.17) is 6.42 Å². The zero-order valence-electron chi connectivity index (χ0n) is 9.97. The van der Waals surface area contributed by atoms with Gasteiger partial charge in [-0.2, -0.15) is 0 Å². The molecule has 0 fully saturated rings. The van der Waals surface area contributed by atoms with E-state index in [9.17, 15) is 0 Å².